The summed E-state index contributed by atoms with van der Waals surface area (Å²) in [5.41, 5.74) is 2.27. The molecule has 1 amide bonds. The Balaban J connectivity index is 2.14. The molecule has 0 radical (unpaired) electrons. The van der Waals surface area contributed by atoms with Crippen LogP contribution in [-0.2, 0) is 4.79 Å². The summed E-state index contributed by atoms with van der Waals surface area (Å²) < 4.78 is 0. The summed E-state index contributed by atoms with van der Waals surface area (Å²) in [5.74, 6) is 0.210. The minimum absolute atomic E-state index is 0.210. The molecule has 0 fully saturated rings. The SMILES string of the molecule is CCN(CC)C(=O)CN1CCCNc2ccccc21. The van der Waals surface area contributed by atoms with Crippen LogP contribution in [0.25, 0.3) is 0 Å². The maximum Gasteiger partial charge on any atom is 0.242 e. The Labute approximate surface area is 115 Å². The molecule has 19 heavy (non-hydrogen) atoms. The van der Waals surface area contributed by atoms with Crippen LogP contribution >= 0.6 is 0 Å². The van der Waals surface area contributed by atoms with Crippen LogP contribution in [0.2, 0.25) is 0 Å². The number of carbonyl (C=O) groups is 1. The third kappa shape index (κ3) is 3.19. The van der Waals surface area contributed by atoms with Crippen molar-refractivity contribution in [2.45, 2.75) is 20.3 Å². The molecule has 1 heterocycles. The van der Waals surface area contributed by atoms with Crippen LogP contribution in [0.1, 0.15) is 20.3 Å². The molecule has 4 heteroatoms. The molecule has 2 rings (SSSR count). The number of carbonyl (C=O) groups excluding carboxylic acids is 1. The normalized spacial score (nSPS) is 14.3. The van der Waals surface area contributed by atoms with Gasteiger partial charge in [0.05, 0.1) is 17.9 Å². The van der Waals surface area contributed by atoms with E-state index in [1.165, 1.54) is 0 Å². The third-order valence-electron chi connectivity index (χ3n) is 3.61. The number of nitrogens with zero attached hydrogens (tertiary/aromatic N) is 2. The molecular weight excluding hydrogens is 238 g/mol. The minimum atomic E-state index is 0.210. The van der Waals surface area contributed by atoms with Crippen LogP contribution in [0.15, 0.2) is 24.3 Å². The molecule has 1 aliphatic heterocycles. The van der Waals surface area contributed by atoms with Gasteiger partial charge in [-0.2, -0.15) is 0 Å². The van der Waals surface area contributed by atoms with Crippen LogP contribution in [0.3, 0.4) is 0 Å². The Kier molecular flexibility index (Phi) is 4.66. The van der Waals surface area contributed by atoms with Crippen molar-refractivity contribution in [3.05, 3.63) is 24.3 Å². The number of anilines is 2. The number of hydrogen-bond donors (Lipinski definition) is 1. The van der Waals surface area contributed by atoms with Crippen molar-refractivity contribution in [3.8, 4) is 0 Å². The molecule has 0 bridgehead atoms. The molecule has 1 N–H and O–H groups in total. The van der Waals surface area contributed by atoms with Gasteiger partial charge in [0.25, 0.3) is 0 Å². The van der Waals surface area contributed by atoms with Crippen molar-refractivity contribution in [1.29, 1.82) is 0 Å². The zero-order chi connectivity index (χ0) is 13.7. The third-order valence-corrected chi connectivity index (χ3v) is 3.61. The van der Waals surface area contributed by atoms with Crippen LogP contribution in [0.5, 0.6) is 0 Å². The number of nitrogens with one attached hydrogen (secondary N) is 1. The Hall–Kier alpha value is -1.71. The average Bonchev–Trinajstić information content (AvgIpc) is 2.63. The molecule has 4 nitrogen and oxygen atoms in total. The van der Waals surface area contributed by atoms with Gasteiger partial charge in [0.2, 0.25) is 5.91 Å². The topological polar surface area (TPSA) is 35.6 Å². The van der Waals surface area contributed by atoms with Crippen LogP contribution < -0.4 is 10.2 Å². The van der Waals surface area contributed by atoms with E-state index in [4.69, 9.17) is 0 Å². The average molecular weight is 261 g/mol. The monoisotopic (exact) mass is 261 g/mol. The predicted molar refractivity (Wildman–Crippen MR) is 79.7 cm³/mol. The van der Waals surface area contributed by atoms with Gasteiger partial charge in [-0.1, -0.05) is 12.1 Å². The van der Waals surface area contributed by atoms with Crippen LogP contribution in [0.4, 0.5) is 11.4 Å². The summed E-state index contributed by atoms with van der Waals surface area (Å²) in [7, 11) is 0. The van der Waals surface area contributed by atoms with Gasteiger partial charge in [0.15, 0.2) is 0 Å². The quantitative estimate of drug-likeness (QED) is 0.902. The van der Waals surface area contributed by atoms with Gasteiger partial charge in [0, 0.05) is 26.2 Å². The lowest BCUT2D eigenvalue weighted by Gasteiger charge is -2.27. The highest BCUT2D eigenvalue weighted by Crippen LogP contribution is 2.27. The maximum absolute atomic E-state index is 12.3. The lowest BCUT2D eigenvalue weighted by atomic mass is 10.2. The maximum atomic E-state index is 12.3. The summed E-state index contributed by atoms with van der Waals surface area (Å²) in [5, 5.41) is 3.42. The first-order valence-corrected chi connectivity index (χ1v) is 7.11. The van der Waals surface area contributed by atoms with E-state index in [-0.39, 0.29) is 5.91 Å². The van der Waals surface area contributed by atoms with Gasteiger partial charge in [-0.05, 0) is 32.4 Å². The highest BCUT2D eigenvalue weighted by molar-refractivity contribution is 5.83. The van der Waals surface area contributed by atoms with E-state index in [0.717, 1.165) is 44.0 Å². The van der Waals surface area contributed by atoms with Crippen molar-refractivity contribution >= 4 is 17.3 Å². The second-order valence-corrected chi connectivity index (χ2v) is 4.79. The van der Waals surface area contributed by atoms with Crippen molar-refractivity contribution in [3.63, 3.8) is 0 Å². The number of likely N-dealkylation sites (N-methyl/N-ethyl adjacent to an activating group) is 1. The number of rotatable bonds is 4. The summed E-state index contributed by atoms with van der Waals surface area (Å²) >= 11 is 0. The summed E-state index contributed by atoms with van der Waals surface area (Å²) in [6.07, 6.45) is 1.06. The van der Waals surface area contributed by atoms with E-state index in [2.05, 4.69) is 22.3 Å². The first-order chi connectivity index (χ1) is 9.26. The smallest absolute Gasteiger partial charge is 0.242 e. The molecule has 0 aromatic heterocycles. The standard InChI is InChI=1S/C15H23N3O/c1-3-17(4-2)15(19)12-18-11-7-10-16-13-8-5-6-9-14(13)18/h5-6,8-9,16H,3-4,7,10-12H2,1-2H3. The first kappa shape index (κ1) is 13.7. The molecule has 104 valence electrons. The van der Waals surface area contributed by atoms with Gasteiger partial charge in [-0.25, -0.2) is 0 Å². The highest BCUT2D eigenvalue weighted by Gasteiger charge is 2.19. The number of benzene rings is 1. The van der Waals surface area contributed by atoms with Gasteiger partial charge in [0.1, 0.15) is 0 Å². The summed E-state index contributed by atoms with van der Waals surface area (Å²) in [6, 6.07) is 8.22. The van der Waals surface area contributed by atoms with Gasteiger partial charge in [-0.3, -0.25) is 4.79 Å². The second kappa shape index (κ2) is 6.45. The zero-order valence-electron chi connectivity index (χ0n) is 11.9. The Morgan fingerprint density at radius 2 is 2.05 bits per heavy atom. The number of amides is 1. The summed E-state index contributed by atoms with van der Waals surface area (Å²) in [4.78, 5) is 16.3. The molecule has 1 aromatic rings. The fourth-order valence-corrected chi connectivity index (χ4v) is 2.52. The van der Waals surface area contributed by atoms with Gasteiger partial charge < -0.3 is 15.1 Å². The molecule has 0 saturated heterocycles. The van der Waals surface area contributed by atoms with E-state index >= 15 is 0 Å². The molecular formula is C15H23N3O. The molecule has 0 aliphatic carbocycles. The number of hydrogen-bond acceptors (Lipinski definition) is 3. The minimum Gasteiger partial charge on any atom is -0.383 e. The largest absolute Gasteiger partial charge is 0.383 e. The van der Waals surface area contributed by atoms with Gasteiger partial charge >= 0.3 is 0 Å². The molecule has 0 atom stereocenters. The number of fused-ring (bicyclic) bond motifs is 1. The predicted octanol–water partition coefficient (Wildman–Crippen LogP) is 2.18. The van der Waals surface area contributed by atoms with E-state index < -0.39 is 0 Å². The fourth-order valence-electron chi connectivity index (χ4n) is 2.52. The zero-order valence-corrected chi connectivity index (χ0v) is 11.9. The van der Waals surface area contributed by atoms with Crippen molar-refractivity contribution in [2.24, 2.45) is 0 Å². The van der Waals surface area contributed by atoms with Gasteiger partial charge in [-0.15, -0.1) is 0 Å². The van der Waals surface area contributed by atoms with Crippen molar-refractivity contribution in [2.75, 3.05) is 42.9 Å². The highest BCUT2D eigenvalue weighted by atomic mass is 16.2. The van der Waals surface area contributed by atoms with Crippen molar-refractivity contribution in [1.82, 2.24) is 4.90 Å². The lowest BCUT2D eigenvalue weighted by Crippen LogP contribution is -2.40. The van der Waals surface area contributed by atoms with E-state index in [9.17, 15) is 4.79 Å². The Morgan fingerprint density at radius 1 is 1.32 bits per heavy atom. The van der Waals surface area contributed by atoms with Crippen molar-refractivity contribution < 1.29 is 4.79 Å². The lowest BCUT2D eigenvalue weighted by molar-refractivity contribution is -0.129. The Bertz CT molecular complexity index is 429. The molecule has 0 spiro atoms. The molecule has 1 aliphatic rings. The summed E-state index contributed by atoms with van der Waals surface area (Å²) in [6.45, 7) is 7.98. The number of para-hydroxylation sites is 2. The van der Waals surface area contributed by atoms with E-state index in [1.54, 1.807) is 0 Å². The van der Waals surface area contributed by atoms with E-state index in [0.29, 0.717) is 6.54 Å². The second-order valence-electron chi connectivity index (χ2n) is 4.79. The first-order valence-electron chi connectivity index (χ1n) is 7.11. The molecule has 0 unspecified atom stereocenters. The van der Waals surface area contributed by atoms with Crippen LogP contribution in [0, 0.1) is 0 Å². The fraction of sp³-hybridized carbons (Fsp3) is 0.533. The molecule has 1 aromatic carbocycles. The van der Waals surface area contributed by atoms with E-state index in [1.807, 2.05) is 30.9 Å². The van der Waals surface area contributed by atoms with Crippen LogP contribution in [-0.4, -0.2) is 43.5 Å². The molecule has 0 saturated carbocycles. The Morgan fingerprint density at radius 3 is 2.79 bits per heavy atom.